The fraction of sp³-hybridized carbons (Fsp3) is 0.333. The average molecular weight is 336 g/mol. The van der Waals surface area contributed by atoms with E-state index in [0.717, 1.165) is 37.6 Å². The van der Waals surface area contributed by atoms with Crippen molar-refractivity contribution in [1.82, 2.24) is 10.2 Å². The largest absolute Gasteiger partial charge is 1.00 e. The van der Waals surface area contributed by atoms with Crippen molar-refractivity contribution < 1.29 is 12.4 Å². The van der Waals surface area contributed by atoms with E-state index in [-0.39, 0.29) is 12.4 Å². The molecule has 22 heavy (non-hydrogen) atoms. The quantitative estimate of drug-likeness (QED) is 0.877. The van der Waals surface area contributed by atoms with Crippen molar-refractivity contribution in [2.45, 2.75) is 12.5 Å². The van der Waals surface area contributed by atoms with Crippen LogP contribution in [0.25, 0.3) is 0 Å². The van der Waals surface area contributed by atoms with Crippen LogP contribution in [0.2, 0.25) is 5.02 Å². The third-order valence-electron chi connectivity index (χ3n) is 4.15. The summed E-state index contributed by atoms with van der Waals surface area (Å²) in [5.41, 5.74) is 2.60. The maximum atomic E-state index is 6.36. The highest BCUT2D eigenvalue weighted by Gasteiger charge is 2.22. The molecule has 3 rings (SSSR count). The second kappa shape index (κ2) is 8.54. The van der Waals surface area contributed by atoms with Crippen LogP contribution in [0, 0.1) is 0 Å². The van der Waals surface area contributed by atoms with Crippen LogP contribution in [0.1, 0.15) is 17.2 Å². The van der Waals surface area contributed by atoms with Gasteiger partial charge in [0.05, 0.1) is 0 Å². The zero-order valence-corrected chi connectivity index (χ0v) is 14.0. The number of piperazine rings is 1. The number of hydrogen-bond acceptors (Lipinski definition) is 2. The molecule has 1 heterocycles. The van der Waals surface area contributed by atoms with Crippen LogP contribution < -0.4 is 17.7 Å². The Kier molecular flexibility index (Phi) is 6.71. The maximum absolute atomic E-state index is 6.36. The summed E-state index contributed by atoms with van der Waals surface area (Å²) in [6, 6.07) is 19.4. The zero-order chi connectivity index (χ0) is 14.5. The molecule has 0 saturated carbocycles. The van der Waals surface area contributed by atoms with Gasteiger partial charge in [-0.2, -0.15) is 0 Å². The third kappa shape index (κ3) is 4.23. The van der Waals surface area contributed by atoms with E-state index in [2.05, 4.69) is 52.7 Å². The summed E-state index contributed by atoms with van der Waals surface area (Å²) in [5, 5.41) is 4.30. The molecule has 4 heteroatoms. The lowest BCUT2D eigenvalue weighted by Gasteiger charge is -2.35. The van der Waals surface area contributed by atoms with Gasteiger partial charge >= 0.3 is 0 Å². The first-order chi connectivity index (χ1) is 10.3. The number of nitrogens with zero attached hydrogens (tertiary/aromatic N) is 1. The Labute approximate surface area is 143 Å². The van der Waals surface area contributed by atoms with Crippen molar-refractivity contribution in [3.63, 3.8) is 0 Å². The molecule has 0 amide bonds. The van der Waals surface area contributed by atoms with Crippen molar-refractivity contribution >= 4 is 11.6 Å². The van der Waals surface area contributed by atoms with E-state index < -0.39 is 0 Å². The second-order valence-electron chi connectivity index (χ2n) is 5.51. The Hall–Kier alpha value is -1.06. The van der Waals surface area contributed by atoms with E-state index in [9.17, 15) is 0 Å². The van der Waals surface area contributed by atoms with E-state index in [4.69, 9.17) is 11.6 Å². The van der Waals surface area contributed by atoms with Crippen LogP contribution >= 0.6 is 11.6 Å². The molecule has 0 spiro atoms. The number of halogens is 2. The highest BCUT2D eigenvalue weighted by Crippen LogP contribution is 2.28. The fourth-order valence-electron chi connectivity index (χ4n) is 3.00. The van der Waals surface area contributed by atoms with Crippen LogP contribution in [0.3, 0.4) is 0 Å². The SMILES string of the molecule is Clc1ccccc1CC(c1ccccc1)N1CCNCC1.[Cl-]. The van der Waals surface area contributed by atoms with E-state index >= 15 is 0 Å². The van der Waals surface area contributed by atoms with Crippen molar-refractivity contribution in [1.29, 1.82) is 0 Å². The lowest BCUT2D eigenvalue weighted by molar-refractivity contribution is -0.00000416. The van der Waals surface area contributed by atoms with Gasteiger partial charge in [0.25, 0.3) is 0 Å². The zero-order valence-electron chi connectivity index (χ0n) is 12.5. The molecule has 1 unspecified atom stereocenters. The van der Waals surface area contributed by atoms with Gasteiger partial charge in [0, 0.05) is 37.2 Å². The van der Waals surface area contributed by atoms with E-state index in [1.807, 2.05) is 12.1 Å². The summed E-state index contributed by atoms with van der Waals surface area (Å²) < 4.78 is 0. The van der Waals surface area contributed by atoms with Crippen LogP contribution in [0.4, 0.5) is 0 Å². The maximum Gasteiger partial charge on any atom is 0.0438 e. The van der Waals surface area contributed by atoms with Crippen LogP contribution in [-0.4, -0.2) is 31.1 Å². The number of benzene rings is 2. The molecule has 1 N–H and O–H groups in total. The average Bonchev–Trinajstić information content (AvgIpc) is 2.56. The van der Waals surface area contributed by atoms with Gasteiger partial charge in [-0.05, 0) is 23.6 Å². The first kappa shape index (κ1) is 17.3. The van der Waals surface area contributed by atoms with E-state index in [1.165, 1.54) is 11.1 Å². The molecule has 2 aromatic rings. The molecular weight excluding hydrogens is 315 g/mol. The summed E-state index contributed by atoms with van der Waals surface area (Å²) in [5.74, 6) is 0. The van der Waals surface area contributed by atoms with Crippen molar-refractivity contribution in [2.24, 2.45) is 0 Å². The van der Waals surface area contributed by atoms with Gasteiger partial charge in [-0.1, -0.05) is 60.1 Å². The Morgan fingerprint density at radius 2 is 1.59 bits per heavy atom. The van der Waals surface area contributed by atoms with Gasteiger partial charge in [0.2, 0.25) is 0 Å². The van der Waals surface area contributed by atoms with Crippen LogP contribution in [0.5, 0.6) is 0 Å². The molecule has 0 aliphatic carbocycles. The van der Waals surface area contributed by atoms with Gasteiger partial charge in [-0.3, -0.25) is 4.90 Å². The normalized spacial score (nSPS) is 16.8. The fourth-order valence-corrected chi connectivity index (χ4v) is 3.21. The highest BCUT2D eigenvalue weighted by molar-refractivity contribution is 6.31. The summed E-state index contributed by atoms with van der Waals surface area (Å²) in [6.45, 7) is 4.30. The van der Waals surface area contributed by atoms with E-state index in [1.54, 1.807) is 0 Å². The minimum Gasteiger partial charge on any atom is -1.00 e. The molecule has 0 radical (unpaired) electrons. The summed E-state index contributed by atoms with van der Waals surface area (Å²) >= 11 is 6.36. The van der Waals surface area contributed by atoms with Gasteiger partial charge < -0.3 is 17.7 Å². The predicted molar refractivity (Wildman–Crippen MR) is 88.8 cm³/mol. The first-order valence-electron chi connectivity index (χ1n) is 7.58. The van der Waals surface area contributed by atoms with Gasteiger partial charge in [0.15, 0.2) is 0 Å². The van der Waals surface area contributed by atoms with Crippen molar-refractivity contribution in [3.8, 4) is 0 Å². The number of nitrogens with one attached hydrogen (secondary N) is 1. The Balaban J connectivity index is 0.00000176. The van der Waals surface area contributed by atoms with E-state index in [0.29, 0.717) is 6.04 Å². The first-order valence-corrected chi connectivity index (χ1v) is 7.95. The molecule has 1 atom stereocenters. The van der Waals surface area contributed by atoms with Gasteiger partial charge in [-0.25, -0.2) is 0 Å². The molecule has 2 nitrogen and oxygen atoms in total. The topological polar surface area (TPSA) is 15.3 Å². The molecule has 1 saturated heterocycles. The summed E-state index contributed by atoms with van der Waals surface area (Å²) in [4.78, 5) is 2.56. The molecule has 118 valence electrons. The minimum atomic E-state index is 0. The lowest BCUT2D eigenvalue weighted by Crippen LogP contribution is -3.00. The van der Waals surface area contributed by atoms with Gasteiger partial charge in [0.1, 0.15) is 0 Å². The molecular formula is C18H21Cl2N2-. The molecule has 1 fully saturated rings. The standard InChI is InChI=1S/C18H21ClN2.ClH/c19-17-9-5-4-8-16(17)14-18(15-6-2-1-3-7-15)21-12-10-20-11-13-21;/h1-9,18,20H,10-14H2;1H/p-1. The minimum absolute atomic E-state index is 0. The lowest BCUT2D eigenvalue weighted by atomic mass is 9.97. The molecule has 2 aromatic carbocycles. The number of hydrogen-bond donors (Lipinski definition) is 1. The smallest absolute Gasteiger partial charge is 0.0438 e. The van der Waals surface area contributed by atoms with Crippen molar-refractivity contribution in [2.75, 3.05) is 26.2 Å². The van der Waals surface area contributed by atoms with Crippen LogP contribution in [-0.2, 0) is 6.42 Å². The van der Waals surface area contributed by atoms with Gasteiger partial charge in [-0.15, -0.1) is 0 Å². The highest BCUT2D eigenvalue weighted by atomic mass is 35.5. The summed E-state index contributed by atoms with van der Waals surface area (Å²) in [6.07, 6.45) is 0.962. The predicted octanol–water partition coefficient (Wildman–Crippen LogP) is 0.533. The third-order valence-corrected chi connectivity index (χ3v) is 4.52. The number of rotatable bonds is 4. The molecule has 0 aromatic heterocycles. The Morgan fingerprint density at radius 3 is 2.27 bits per heavy atom. The molecule has 1 aliphatic rings. The molecule has 0 bridgehead atoms. The monoisotopic (exact) mass is 335 g/mol. The Bertz CT molecular complexity index is 568. The van der Waals surface area contributed by atoms with Crippen LogP contribution in [0.15, 0.2) is 54.6 Å². The summed E-state index contributed by atoms with van der Waals surface area (Å²) in [7, 11) is 0. The van der Waals surface area contributed by atoms with Crippen molar-refractivity contribution in [3.05, 3.63) is 70.7 Å². The second-order valence-corrected chi connectivity index (χ2v) is 5.92. The molecule has 1 aliphatic heterocycles. The Morgan fingerprint density at radius 1 is 0.955 bits per heavy atom.